The molecule has 122 valence electrons. The summed E-state index contributed by atoms with van der Waals surface area (Å²) >= 11 is 1.56. The topological polar surface area (TPSA) is 73.2 Å². The quantitative estimate of drug-likeness (QED) is 0.787. The van der Waals surface area contributed by atoms with Gasteiger partial charge in [-0.25, -0.2) is 0 Å². The van der Waals surface area contributed by atoms with Gasteiger partial charge in [0.25, 0.3) is 0 Å². The molecular weight excluding hydrogens is 314 g/mol. The summed E-state index contributed by atoms with van der Waals surface area (Å²) in [6, 6.07) is 10.0. The van der Waals surface area contributed by atoms with Crippen LogP contribution in [0.1, 0.15) is 12.5 Å². The Bertz CT molecular complexity index is 658. The number of hydrogen-bond donors (Lipinski definition) is 1. The van der Waals surface area contributed by atoms with Gasteiger partial charge in [-0.1, -0.05) is 30.3 Å². The van der Waals surface area contributed by atoms with Crippen LogP contribution in [0.3, 0.4) is 0 Å². The molecule has 1 aromatic heterocycles. The predicted molar refractivity (Wildman–Crippen MR) is 90.1 cm³/mol. The maximum Gasteiger partial charge on any atom is 0.327 e. The number of esters is 1. The number of amides is 1. The van der Waals surface area contributed by atoms with Gasteiger partial charge >= 0.3 is 5.97 Å². The van der Waals surface area contributed by atoms with Crippen molar-refractivity contribution in [1.82, 2.24) is 9.78 Å². The fourth-order valence-electron chi connectivity index (χ4n) is 1.83. The summed E-state index contributed by atoms with van der Waals surface area (Å²) in [4.78, 5) is 23.3. The van der Waals surface area contributed by atoms with E-state index in [1.54, 1.807) is 18.0 Å². The first-order chi connectivity index (χ1) is 11.1. The molecule has 1 N–H and O–H groups in total. The van der Waals surface area contributed by atoms with E-state index in [0.717, 1.165) is 5.75 Å². The molecule has 0 saturated carbocycles. The number of carbonyl (C=O) groups excluding carboxylic acids is 2. The number of rotatable bonds is 7. The van der Waals surface area contributed by atoms with Crippen LogP contribution in [0.2, 0.25) is 0 Å². The molecular formula is C16H19N3O3S. The largest absolute Gasteiger partial charge is 0.468 e. The summed E-state index contributed by atoms with van der Waals surface area (Å²) in [6.07, 6.45) is 3.11. The van der Waals surface area contributed by atoms with E-state index in [4.69, 9.17) is 0 Å². The zero-order chi connectivity index (χ0) is 16.7. The highest BCUT2D eigenvalue weighted by Crippen LogP contribution is 2.19. The standard InChI is InChI=1S/C16H19N3O3S/c1-12(23-11-13-6-4-3-5-7-13)16(21)18-14-8-17-19(9-14)10-15(20)22-2/h3-9,12H,10-11H2,1-2H3,(H,18,21). The lowest BCUT2D eigenvalue weighted by molar-refractivity contribution is -0.141. The monoisotopic (exact) mass is 333 g/mol. The van der Waals surface area contributed by atoms with E-state index < -0.39 is 5.97 Å². The Balaban J connectivity index is 1.82. The maximum absolute atomic E-state index is 12.2. The summed E-state index contributed by atoms with van der Waals surface area (Å²) in [5.41, 5.74) is 1.74. The fraction of sp³-hybridized carbons (Fsp3) is 0.312. The van der Waals surface area contributed by atoms with Crippen LogP contribution in [0.15, 0.2) is 42.7 Å². The number of methoxy groups -OCH3 is 1. The maximum atomic E-state index is 12.2. The molecule has 1 unspecified atom stereocenters. The van der Waals surface area contributed by atoms with Gasteiger partial charge in [-0.3, -0.25) is 14.3 Å². The summed E-state index contributed by atoms with van der Waals surface area (Å²) < 4.78 is 5.99. The van der Waals surface area contributed by atoms with Gasteiger partial charge in [0.15, 0.2) is 0 Å². The SMILES string of the molecule is COC(=O)Cn1cc(NC(=O)C(C)SCc2ccccc2)cn1. The first-order valence-corrected chi connectivity index (χ1v) is 8.19. The van der Waals surface area contributed by atoms with E-state index in [9.17, 15) is 9.59 Å². The number of hydrogen-bond acceptors (Lipinski definition) is 5. The zero-order valence-electron chi connectivity index (χ0n) is 13.1. The number of thioether (sulfide) groups is 1. The number of ether oxygens (including phenoxy) is 1. The highest BCUT2D eigenvalue weighted by molar-refractivity contribution is 7.99. The molecule has 0 aliphatic carbocycles. The first kappa shape index (κ1) is 17.1. The molecule has 0 aliphatic heterocycles. The molecule has 1 amide bonds. The smallest absolute Gasteiger partial charge is 0.327 e. The molecule has 2 aromatic rings. The van der Waals surface area contributed by atoms with Gasteiger partial charge in [0.05, 0.1) is 24.2 Å². The van der Waals surface area contributed by atoms with E-state index >= 15 is 0 Å². The van der Waals surface area contributed by atoms with Gasteiger partial charge in [0, 0.05) is 11.9 Å². The minimum atomic E-state index is -0.391. The molecule has 1 atom stereocenters. The number of nitrogens with one attached hydrogen (secondary N) is 1. The lowest BCUT2D eigenvalue weighted by Crippen LogP contribution is -2.22. The summed E-state index contributed by atoms with van der Waals surface area (Å²) in [7, 11) is 1.32. The Kier molecular flexibility index (Phi) is 6.22. The molecule has 1 aromatic carbocycles. The highest BCUT2D eigenvalue weighted by Gasteiger charge is 2.14. The Morgan fingerprint density at radius 1 is 1.35 bits per heavy atom. The molecule has 0 spiro atoms. The van der Waals surface area contributed by atoms with Crippen LogP contribution in [0.4, 0.5) is 5.69 Å². The van der Waals surface area contributed by atoms with E-state index in [1.165, 1.54) is 23.6 Å². The average molecular weight is 333 g/mol. The van der Waals surface area contributed by atoms with Crippen molar-refractivity contribution in [2.75, 3.05) is 12.4 Å². The van der Waals surface area contributed by atoms with Gasteiger partial charge in [-0.05, 0) is 12.5 Å². The Labute approximate surface area is 139 Å². The predicted octanol–water partition coefficient (Wildman–Crippen LogP) is 2.32. The molecule has 6 nitrogen and oxygen atoms in total. The van der Waals surface area contributed by atoms with Crippen LogP contribution in [0.25, 0.3) is 0 Å². The van der Waals surface area contributed by atoms with E-state index in [-0.39, 0.29) is 17.7 Å². The van der Waals surface area contributed by atoms with Crippen molar-refractivity contribution in [3.05, 3.63) is 48.3 Å². The minimum Gasteiger partial charge on any atom is -0.468 e. The third kappa shape index (κ3) is 5.45. The molecule has 0 radical (unpaired) electrons. The van der Waals surface area contributed by atoms with Gasteiger partial charge in [0.1, 0.15) is 6.54 Å². The number of nitrogens with zero attached hydrogens (tertiary/aromatic N) is 2. The summed E-state index contributed by atoms with van der Waals surface area (Å²) in [6.45, 7) is 1.88. The number of anilines is 1. The van der Waals surface area contributed by atoms with Crippen molar-refractivity contribution in [2.24, 2.45) is 0 Å². The molecule has 1 heterocycles. The van der Waals surface area contributed by atoms with Crippen LogP contribution in [-0.2, 0) is 26.6 Å². The Hall–Kier alpha value is -2.28. The third-order valence-electron chi connectivity index (χ3n) is 3.13. The second-order valence-corrected chi connectivity index (χ2v) is 6.26. The fourth-order valence-corrected chi connectivity index (χ4v) is 2.67. The normalized spacial score (nSPS) is 11.7. The van der Waals surface area contributed by atoms with Crippen molar-refractivity contribution in [1.29, 1.82) is 0 Å². The average Bonchev–Trinajstić information content (AvgIpc) is 3.00. The van der Waals surface area contributed by atoms with Gasteiger partial charge in [0.2, 0.25) is 5.91 Å². The van der Waals surface area contributed by atoms with Crippen molar-refractivity contribution in [3.8, 4) is 0 Å². The molecule has 0 saturated heterocycles. The van der Waals surface area contributed by atoms with E-state index in [1.807, 2.05) is 37.3 Å². The van der Waals surface area contributed by atoms with Crippen molar-refractivity contribution < 1.29 is 14.3 Å². The van der Waals surface area contributed by atoms with Gasteiger partial charge < -0.3 is 10.1 Å². The van der Waals surface area contributed by atoms with Gasteiger partial charge in [-0.15, -0.1) is 11.8 Å². The molecule has 0 bridgehead atoms. The van der Waals surface area contributed by atoms with Crippen molar-refractivity contribution in [2.45, 2.75) is 24.5 Å². The van der Waals surface area contributed by atoms with Crippen molar-refractivity contribution >= 4 is 29.3 Å². The van der Waals surface area contributed by atoms with Crippen LogP contribution < -0.4 is 5.32 Å². The summed E-state index contributed by atoms with van der Waals surface area (Å²) in [5.74, 6) is 0.290. The molecule has 0 fully saturated rings. The van der Waals surface area contributed by atoms with Crippen LogP contribution in [0, 0.1) is 0 Å². The molecule has 23 heavy (non-hydrogen) atoms. The highest BCUT2D eigenvalue weighted by atomic mass is 32.2. The number of benzene rings is 1. The Morgan fingerprint density at radius 3 is 2.78 bits per heavy atom. The van der Waals surface area contributed by atoms with Gasteiger partial charge in [-0.2, -0.15) is 5.10 Å². The van der Waals surface area contributed by atoms with Crippen molar-refractivity contribution in [3.63, 3.8) is 0 Å². The number of aromatic nitrogens is 2. The van der Waals surface area contributed by atoms with Crippen LogP contribution >= 0.6 is 11.8 Å². The minimum absolute atomic E-state index is 0.0185. The van der Waals surface area contributed by atoms with E-state index in [2.05, 4.69) is 15.2 Å². The molecule has 7 heteroatoms. The third-order valence-corrected chi connectivity index (χ3v) is 4.35. The Morgan fingerprint density at radius 2 is 2.09 bits per heavy atom. The molecule has 0 aliphatic rings. The van der Waals surface area contributed by atoms with Crippen LogP contribution in [-0.4, -0.2) is 34.0 Å². The summed E-state index contributed by atoms with van der Waals surface area (Å²) in [5, 5.41) is 6.60. The zero-order valence-corrected chi connectivity index (χ0v) is 13.9. The second-order valence-electron chi connectivity index (χ2n) is 4.93. The molecule has 2 rings (SSSR count). The van der Waals surface area contributed by atoms with Crippen LogP contribution in [0.5, 0.6) is 0 Å². The first-order valence-electron chi connectivity index (χ1n) is 7.14. The lowest BCUT2D eigenvalue weighted by atomic mass is 10.2. The lowest BCUT2D eigenvalue weighted by Gasteiger charge is -2.10. The second kappa shape index (κ2) is 8.38. The number of carbonyl (C=O) groups is 2. The van der Waals surface area contributed by atoms with E-state index in [0.29, 0.717) is 5.69 Å².